The van der Waals surface area contributed by atoms with Crippen LogP contribution in [-0.4, -0.2) is 70.3 Å². The van der Waals surface area contributed by atoms with Crippen molar-refractivity contribution in [1.29, 1.82) is 0 Å². The van der Waals surface area contributed by atoms with Crippen LogP contribution >= 0.6 is 0 Å². The van der Waals surface area contributed by atoms with Crippen LogP contribution in [0.2, 0.25) is 0 Å². The summed E-state index contributed by atoms with van der Waals surface area (Å²) in [4.78, 5) is 0. The Kier molecular flexibility index (Phi) is 12.1. The fraction of sp³-hybridized carbons (Fsp3) is 0.600. The Morgan fingerprint density at radius 2 is 1.27 bits per heavy atom. The highest BCUT2D eigenvalue weighted by Crippen LogP contribution is 2.29. The van der Waals surface area contributed by atoms with Crippen LogP contribution in [0.5, 0.6) is 0 Å². The van der Waals surface area contributed by atoms with Gasteiger partial charge in [0.2, 0.25) is 0 Å². The highest BCUT2D eigenvalue weighted by atomic mass is 16.7. The summed E-state index contributed by atoms with van der Waals surface area (Å²) >= 11 is 0. The molecular formula is C20H32O6. The van der Waals surface area contributed by atoms with Crippen molar-refractivity contribution in [2.24, 2.45) is 0 Å². The van der Waals surface area contributed by atoms with E-state index < -0.39 is 24.6 Å². The molecule has 0 saturated carbocycles. The van der Waals surface area contributed by atoms with Crippen LogP contribution in [0.4, 0.5) is 0 Å². The molecule has 0 N–H and O–H groups in total. The fourth-order valence-electron chi connectivity index (χ4n) is 2.68. The van der Waals surface area contributed by atoms with Crippen LogP contribution in [-0.2, 0) is 28.4 Å². The third kappa shape index (κ3) is 7.15. The maximum atomic E-state index is 6.10. The Hall–Kier alpha value is -1.28. The van der Waals surface area contributed by atoms with Crippen molar-refractivity contribution in [3.63, 3.8) is 0 Å². The van der Waals surface area contributed by atoms with Crippen molar-refractivity contribution in [3.05, 3.63) is 50.6 Å². The van der Waals surface area contributed by atoms with Gasteiger partial charge in [-0.15, -0.1) is 26.3 Å². The summed E-state index contributed by atoms with van der Waals surface area (Å²) in [5.41, 5.74) is 0. The molecule has 0 aromatic rings. The Bertz CT molecular complexity index is 425. The van der Waals surface area contributed by atoms with E-state index in [0.717, 1.165) is 0 Å². The number of ether oxygens (including phenoxy) is 6. The van der Waals surface area contributed by atoms with E-state index in [1.54, 1.807) is 24.3 Å². The largest absolute Gasteiger partial charge is 0.375 e. The molecule has 1 aliphatic heterocycles. The van der Waals surface area contributed by atoms with Crippen molar-refractivity contribution in [3.8, 4) is 0 Å². The molecule has 1 saturated heterocycles. The summed E-state index contributed by atoms with van der Waals surface area (Å²) in [6.07, 6.45) is 4.43. The third-order valence-electron chi connectivity index (χ3n) is 3.66. The SMILES string of the molecule is C=CCOC[C@H]1OC(OCC)[C@H](OCC=C)[C@@H](OCC=C)[C@H]1OCC=C. The summed E-state index contributed by atoms with van der Waals surface area (Å²) in [6, 6.07) is 0. The second kappa shape index (κ2) is 13.9. The smallest absolute Gasteiger partial charge is 0.186 e. The predicted molar refractivity (Wildman–Crippen MR) is 101 cm³/mol. The molecular weight excluding hydrogens is 336 g/mol. The number of rotatable bonds is 15. The Balaban J connectivity index is 3.04. The number of hydrogen-bond acceptors (Lipinski definition) is 6. The van der Waals surface area contributed by atoms with Gasteiger partial charge in [-0.25, -0.2) is 0 Å². The summed E-state index contributed by atoms with van der Waals surface area (Å²) in [5, 5.41) is 0. The lowest BCUT2D eigenvalue weighted by Crippen LogP contribution is -2.62. The fourth-order valence-corrected chi connectivity index (χ4v) is 2.68. The van der Waals surface area contributed by atoms with Gasteiger partial charge in [0.15, 0.2) is 6.29 Å². The van der Waals surface area contributed by atoms with Gasteiger partial charge in [-0.3, -0.25) is 0 Å². The quantitative estimate of drug-likeness (QED) is 0.327. The standard InChI is InChI=1S/C20H32O6/c1-6-11-21-15-16-17(23-12-7-2)18(24-13-8-3)19(25-14-9-4)20(26-16)22-10-5/h6-9,16-20H,1-4,10-15H2,5H3/t16-,17+,18+,19-,20?/m1/s1. The van der Waals surface area contributed by atoms with Gasteiger partial charge < -0.3 is 28.4 Å². The van der Waals surface area contributed by atoms with E-state index in [-0.39, 0.29) is 6.10 Å². The molecule has 1 heterocycles. The molecule has 0 bridgehead atoms. The van der Waals surface area contributed by atoms with Crippen molar-refractivity contribution >= 4 is 0 Å². The molecule has 0 radical (unpaired) electrons. The molecule has 148 valence electrons. The summed E-state index contributed by atoms with van der Waals surface area (Å²) in [5.74, 6) is 0. The molecule has 26 heavy (non-hydrogen) atoms. The monoisotopic (exact) mass is 368 g/mol. The van der Waals surface area contributed by atoms with Crippen LogP contribution < -0.4 is 0 Å². The van der Waals surface area contributed by atoms with Crippen LogP contribution in [0.1, 0.15) is 6.92 Å². The van der Waals surface area contributed by atoms with Gasteiger partial charge in [0.05, 0.1) is 33.0 Å². The highest BCUT2D eigenvalue weighted by Gasteiger charge is 2.48. The summed E-state index contributed by atoms with van der Waals surface area (Å²) in [7, 11) is 0. The van der Waals surface area contributed by atoms with Gasteiger partial charge in [-0.1, -0.05) is 24.3 Å². The molecule has 6 heteroatoms. The van der Waals surface area contributed by atoms with Crippen molar-refractivity contribution < 1.29 is 28.4 Å². The molecule has 0 aromatic heterocycles. The highest BCUT2D eigenvalue weighted by molar-refractivity contribution is 4.94. The second-order valence-corrected chi connectivity index (χ2v) is 5.58. The van der Waals surface area contributed by atoms with Gasteiger partial charge >= 0.3 is 0 Å². The van der Waals surface area contributed by atoms with Crippen LogP contribution in [0, 0.1) is 0 Å². The minimum absolute atomic E-state index is 0.319. The molecule has 6 nitrogen and oxygen atoms in total. The molecule has 1 unspecified atom stereocenters. The molecule has 1 rings (SSSR count). The zero-order chi connectivity index (χ0) is 19.2. The van der Waals surface area contributed by atoms with E-state index in [9.17, 15) is 0 Å². The average molecular weight is 368 g/mol. The van der Waals surface area contributed by atoms with Gasteiger partial charge in [0.1, 0.15) is 24.4 Å². The zero-order valence-electron chi connectivity index (χ0n) is 15.7. The minimum Gasteiger partial charge on any atom is -0.375 e. The van der Waals surface area contributed by atoms with E-state index in [1.165, 1.54) is 0 Å². The van der Waals surface area contributed by atoms with Crippen LogP contribution in [0.15, 0.2) is 50.6 Å². The van der Waals surface area contributed by atoms with E-state index in [2.05, 4.69) is 26.3 Å². The first kappa shape index (κ1) is 22.8. The molecule has 5 atom stereocenters. The Morgan fingerprint density at radius 3 is 1.81 bits per heavy atom. The lowest BCUT2D eigenvalue weighted by atomic mass is 9.98. The molecule has 1 fully saturated rings. The minimum atomic E-state index is -0.601. The predicted octanol–water partition coefficient (Wildman–Crippen LogP) is 2.66. The number of hydrogen-bond donors (Lipinski definition) is 0. The van der Waals surface area contributed by atoms with E-state index in [1.807, 2.05) is 6.92 Å². The maximum absolute atomic E-state index is 6.10. The van der Waals surface area contributed by atoms with E-state index >= 15 is 0 Å². The third-order valence-corrected chi connectivity index (χ3v) is 3.66. The second-order valence-electron chi connectivity index (χ2n) is 5.58. The normalized spacial score (nSPS) is 28.4. The Labute approximate surface area is 157 Å². The first-order chi connectivity index (χ1) is 12.7. The first-order valence-electron chi connectivity index (χ1n) is 8.86. The maximum Gasteiger partial charge on any atom is 0.186 e. The van der Waals surface area contributed by atoms with E-state index in [4.69, 9.17) is 28.4 Å². The summed E-state index contributed by atoms with van der Waals surface area (Å²) in [6.45, 7) is 18.9. The van der Waals surface area contributed by atoms with Crippen LogP contribution in [0.25, 0.3) is 0 Å². The van der Waals surface area contributed by atoms with Crippen molar-refractivity contribution in [2.75, 3.05) is 39.6 Å². The lowest BCUT2D eigenvalue weighted by molar-refractivity contribution is -0.318. The summed E-state index contributed by atoms with van der Waals surface area (Å²) < 4.78 is 35.3. The van der Waals surface area contributed by atoms with Gasteiger partial charge in [-0.05, 0) is 6.92 Å². The van der Waals surface area contributed by atoms with Gasteiger partial charge in [0, 0.05) is 6.61 Å². The zero-order valence-corrected chi connectivity index (χ0v) is 15.7. The first-order valence-corrected chi connectivity index (χ1v) is 8.86. The van der Waals surface area contributed by atoms with Gasteiger partial charge in [0.25, 0.3) is 0 Å². The Morgan fingerprint density at radius 1 is 0.731 bits per heavy atom. The molecule has 0 aromatic carbocycles. The lowest BCUT2D eigenvalue weighted by Gasteiger charge is -2.45. The average Bonchev–Trinajstić information content (AvgIpc) is 2.65. The van der Waals surface area contributed by atoms with Gasteiger partial charge in [-0.2, -0.15) is 0 Å². The molecule has 0 spiro atoms. The molecule has 0 amide bonds. The van der Waals surface area contributed by atoms with Crippen molar-refractivity contribution in [1.82, 2.24) is 0 Å². The molecule has 1 aliphatic rings. The van der Waals surface area contributed by atoms with Crippen LogP contribution in [0.3, 0.4) is 0 Å². The van der Waals surface area contributed by atoms with Crippen molar-refractivity contribution in [2.45, 2.75) is 37.6 Å². The van der Waals surface area contributed by atoms with E-state index in [0.29, 0.717) is 39.6 Å². The molecule has 0 aliphatic carbocycles. The topological polar surface area (TPSA) is 55.4 Å².